The van der Waals surface area contributed by atoms with Crippen molar-refractivity contribution in [1.29, 1.82) is 0 Å². The summed E-state index contributed by atoms with van der Waals surface area (Å²) in [7, 11) is 0. The van der Waals surface area contributed by atoms with Gasteiger partial charge >= 0.3 is 5.69 Å². The Morgan fingerprint density at radius 1 is 1.37 bits per heavy atom. The zero-order valence-corrected chi connectivity index (χ0v) is 11.2. The van der Waals surface area contributed by atoms with Crippen LogP contribution in [0.15, 0.2) is 27.8 Å². The van der Waals surface area contributed by atoms with Crippen molar-refractivity contribution >= 4 is 11.6 Å². The van der Waals surface area contributed by atoms with Crippen LogP contribution in [0.4, 0.5) is 4.39 Å². The van der Waals surface area contributed by atoms with Crippen molar-refractivity contribution in [3.63, 3.8) is 0 Å². The van der Waals surface area contributed by atoms with Crippen LogP contribution in [0.1, 0.15) is 18.1 Å². The average Bonchev–Trinajstić information content (AvgIpc) is 2.33. The van der Waals surface area contributed by atoms with Crippen LogP contribution < -0.4 is 11.2 Å². The van der Waals surface area contributed by atoms with E-state index in [0.29, 0.717) is 17.5 Å². The Balaban J connectivity index is 2.87. The fraction of sp³-hybridized carbons (Fsp3) is 0.231. The maximum absolute atomic E-state index is 13.3. The molecule has 0 bridgehead atoms. The minimum absolute atomic E-state index is 0.0304. The van der Waals surface area contributed by atoms with Crippen molar-refractivity contribution in [3.05, 3.63) is 61.1 Å². The van der Waals surface area contributed by atoms with Gasteiger partial charge in [0.25, 0.3) is 5.56 Å². The fourth-order valence-corrected chi connectivity index (χ4v) is 2.19. The highest BCUT2D eigenvalue weighted by atomic mass is 35.5. The highest BCUT2D eigenvalue weighted by Gasteiger charge is 2.14. The molecule has 0 aliphatic carbocycles. The van der Waals surface area contributed by atoms with Gasteiger partial charge in [0.15, 0.2) is 0 Å². The molecule has 1 aromatic carbocycles. The first-order chi connectivity index (χ1) is 8.95. The molecule has 0 atom stereocenters. The maximum atomic E-state index is 13.3. The maximum Gasteiger partial charge on any atom is 0.334 e. The lowest BCUT2D eigenvalue weighted by atomic mass is 10.2. The summed E-state index contributed by atoms with van der Waals surface area (Å²) in [6, 6.07) is 3.94. The molecule has 100 valence electrons. The van der Waals surface area contributed by atoms with Crippen LogP contribution in [-0.4, -0.2) is 9.55 Å². The molecule has 0 aliphatic heterocycles. The number of nitrogens with zero attached hydrogens (tertiary/aromatic N) is 1. The van der Waals surface area contributed by atoms with Crippen molar-refractivity contribution in [2.45, 2.75) is 20.3 Å². The Labute approximate surface area is 113 Å². The summed E-state index contributed by atoms with van der Waals surface area (Å²) in [5, 5.41) is 0.0304. The number of nitrogens with one attached hydrogen (secondary N) is 1. The SMILES string of the molecule is CCc1c(Cl)[nH]c(=O)n(-c2cc(F)ccc2C)c1=O. The van der Waals surface area contributed by atoms with Gasteiger partial charge in [-0.25, -0.2) is 13.8 Å². The number of hydrogen-bond donors (Lipinski definition) is 1. The molecule has 2 rings (SSSR count). The molecule has 0 saturated carbocycles. The number of aromatic nitrogens is 2. The van der Waals surface area contributed by atoms with Crippen LogP contribution in [0.5, 0.6) is 0 Å². The van der Waals surface area contributed by atoms with E-state index in [1.807, 2.05) is 0 Å². The lowest BCUT2D eigenvalue weighted by Gasteiger charge is -2.10. The molecule has 19 heavy (non-hydrogen) atoms. The van der Waals surface area contributed by atoms with Crippen molar-refractivity contribution in [3.8, 4) is 5.69 Å². The lowest BCUT2D eigenvalue weighted by Crippen LogP contribution is -2.36. The number of aryl methyl sites for hydroxylation is 1. The predicted molar refractivity (Wildman–Crippen MR) is 71.7 cm³/mol. The van der Waals surface area contributed by atoms with Gasteiger partial charge in [0.1, 0.15) is 11.0 Å². The second-order valence-electron chi connectivity index (χ2n) is 4.15. The van der Waals surface area contributed by atoms with E-state index in [9.17, 15) is 14.0 Å². The molecule has 0 saturated heterocycles. The normalized spacial score (nSPS) is 10.7. The van der Waals surface area contributed by atoms with E-state index in [2.05, 4.69) is 4.98 Å². The quantitative estimate of drug-likeness (QED) is 0.859. The van der Waals surface area contributed by atoms with E-state index in [1.54, 1.807) is 13.8 Å². The molecule has 0 amide bonds. The van der Waals surface area contributed by atoms with Crippen LogP contribution in [0.2, 0.25) is 5.15 Å². The minimum atomic E-state index is -0.680. The summed E-state index contributed by atoms with van der Waals surface area (Å²) in [6.07, 6.45) is 0.378. The number of H-pyrrole nitrogens is 1. The molecule has 1 heterocycles. The molecule has 6 heteroatoms. The Hall–Kier alpha value is -1.88. The van der Waals surface area contributed by atoms with Crippen LogP contribution in [0, 0.1) is 12.7 Å². The molecule has 0 radical (unpaired) electrons. The number of rotatable bonds is 2. The molecule has 0 unspecified atom stereocenters. The summed E-state index contributed by atoms with van der Waals surface area (Å²) < 4.78 is 14.2. The summed E-state index contributed by atoms with van der Waals surface area (Å²) in [5.41, 5.74) is -0.0632. The number of hydrogen-bond acceptors (Lipinski definition) is 2. The van der Waals surface area contributed by atoms with E-state index < -0.39 is 17.1 Å². The van der Waals surface area contributed by atoms with Gasteiger partial charge in [0.05, 0.1) is 11.3 Å². The van der Waals surface area contributed by atoms with Gasteiger partial charge < -0.3 is 0 Å². The Morgan fingerprint density at radius 3 is 2.68 bits per heavy atom. The molecule has 0 fully saturated rings. The average molecular weight is 283 g/mol. The number of benzene rings is 1. The molecular weight excluding hydrogens is 271 g/mol. The summed E-state index contributed by atoms with van der Waals surface area (Å²) >= 11 is 5.82. The minimum Gasteiger partial charge on any atom is -0.297 e. The third kappa shape index (κ3) is 2.33. The largest absolute Gasteiger partial charge is 0.334 e. The third-order valence-electron chi connectivity index (χ3n) is 2.91. The summed E-state index contributed by atoms with van der Waals surface area (Å²) in [6.45, 7) is 3.45. The topological polar surface area (TPSA) is 54.9 Å². The second kappa shape index (κ2) is 5.01. The van der Waals surface area contributed by atoms with Crippen molar-refractivity contribution in [2.24, 2.45) is 0 Å². The van der Waals surface area contributed by atoms with Crippen LogP contribution in [0.3, 0.4) is 0 Å². The summed E-state index contributed by atoms with van der Waals surface area (Å²) in [4.78, 5) is 26.5. The number of aromatic amines is 1. The molecule has 1 aromatic heterocycles. The van der Waals surface area contributed by atoms with Gasteiger partial charge in [0.2, 0.25) is 0 Å². The first-order valence-corrected chi connectivity index (χ1v) is 6.13. The second-order valence-corrected chi connectivity index (χ2v) is 4.53. The first-order valence-electron chi connectivity index (χ1n) is 5.76. The fourth-order valence-electron chi connectivity index (χ4n) is 1.89. The predicted octanol–water partition coefficient (Wildman–Crippen LogP) is 2.19. The Morgan fingerprint density at radius 2 is 2.05 bits per heavy atom. The Bertz CT molecular complexity index is 749. The van der Waals surface area contributed by atoms with Crippen LogP contribution in [-0.2, 0) is 6.42 Å². The van der Waals surface area contributed by atoms with Gasteiger partial charge in [-0.15, -0.1) is 0 Å². The molecular formula is C13H12ClFN2O2. The van der Waals surface area contributed by atoms with Gasteiger partial charge in [0, 0.05) is 0 Å². The van der Waals surface area contributed by atoms with E-state index in [1.165, 1.54) is 12.1 Å². The van der Waals surface area contributed by atoms with E-state index in [4.69, 9.17) is 11.6 Å². The van der Waals surface area contributed by atoms with Gasteiger partial charge in [-0.3, -0.25) is 9.78 Å². The third-order valence-corrected chi connectivity index (χ3v) is 3.23. The molecule has 1 N–H and O–H groups in total. The lowest BCUT2D eigenvalue weighted by molar-refractivity contribution is 0.625. The standard InChI is InChI=1S/C13H12ClFN2O2/c1-3-9-11(14)16-13(19)17(12(9)18)10-6-8(15)5-4-7(10)2/h4-6H,3H2,1-2H3,(H,16,19). The van der Waals surface area contributed by atoms with Crippen LogP contribution >= 0.6 is 11.6 Å². The van der Waals surface area contributed by atoms with Crippen molar-refractivity contribution in [1.82, 2.24) is 9.55 Å². The van der Waals surface area contributed by atoms with Crippen molar-refractivity contribution < 1.29 is 4.39 Å². The highest BCUT2D eigenvalue weighted by molar-refractivity contribution is 6.30. The van der Waals surface area contributed by atoms with E-state index >= 15 is 0 Å². The van der Waals surface area contributed by atoms with Crippen molar-refractivity contribution in [2.75, 3.05) is 0 Å². The van der Waals surface area contributed by atoms with E-state index in [-0.39, 0.29) is 10.8 Å². The smallest absolute Gasteiger partial charge is 0.297 e. The zero-order chi connectivity index (χ0) is 14.2. The number of halogens is 2. The van der Waals surface area contributed by atoms with Gasteiger partial charge in [-0.1, -0.05) is 24.6 Å². The molecule has 4 nitrogen and oxygen atoms in total. The van der Waals surface area contributed by atoms with Crippen LogP contribution in [0.25, 0.3) is 5.69 Å². The van der Waals surface area contributed by atoms with Gasteiger partial charge in [-0.2, -0.15) is 0 Å². The molecule has 0 aliphatic rings. The molecule has 0 spiro atoms. The monoisotopic (exact) mass is 282 g/mol. The highest BCUT2D eigenvalue weighted by Crippen LogP contribution is 2.14. The van der Waals surface area contributed by atoms with E-state index in [0.717, 1.165) is 10.6 Å². The molecule has 2 aromatic rings. The summed E-state index contributed by atoms with van der Waals surface area (Å²) in [5.74, 6) is -0.514. The van der Waals surface area contributed by atoms with Gasteiger partial charge in [-0.05, 0) is 31.0 Å². The zero-order valence-electron chi connectivity index (χ0n) is 10.5. The Kier molecular flexibility index (Phi) is 3.57. The first kappa shape index (κ1) is 13.5.